The third kappa shape index (κ3) is 2.50. The fourth-order valence-electron chi connectivity index (χ4n) is 2.32. The summed E-state index contributed by atoms with van der Waals surface area (Å²) in [6.45, 7) is 0. The maximum Gasteiger partial charge on any atom is 0.257 e. The summed E-state index contributed by atoms with van der Waals surface area (Å²) in [5.74, 6) is -0.234. The zero-order valence-corrected chi connectivity index (χ0v) is 12.7. The predicted molar refractivity (Wildman–Crippen MR) is 87.3 cm³/mol. The van der Waals surface area contributed by atoms with Gasteiger partial charge in [0.05, 0.1) is 21.3 Å². The van der Waals surface area contributed by atoms with Crippen LogP contribution in [0.3, 0.4) is 0 Å². The quantitative estimate of drug-likeness (QED) is 0.727. The molecular weight excluding hydrogens is 307 g/mol. The van der Waals surface area contributed by atoms with E-state index in [9.17, 15) is 4.79 Å². The number of amides is 1. The van der Waals surface area contributed by atoms with Gasteiger partial charge in [0.25, 0.3) is 5.91 Å². The van der Waals surface area contributed by atoms with E-state index in [1.165, 1.54) is 0 Å². The number of fused-ring (bicyclic) bond motifs is 1. The van der Waals surface area contributed by atoms with Crippen LogP contribution in [0.2, 0.25) is 10.0 Å². The fraction of sp³-hybridized carbons (Fsp3) is 0.0625. The molecule has 106 valence electrons. The zero-order chi connectivity index (χ0) is 15.0. The van der Waals surface area contributed by atoms with Crippen molar-refractivity contribution in [3.8, 4) is 0 Å². The lowest BCUT2D eigenvalue weighted by Gasteiger charge is -2.08. The van der Waals surface area contributed by atoms with Crippen molar-refractivity contribution in [2.45, 2.75) is 0 Å². The van der Waals surface area contributed by atoms with Crippen LogP contribution in [0.25, 0.3) is 10.9 Å². The van der Waals surface area contributed by atoms with Gasteiger partial charge in [0.2, 0.25) is 0 Å². The number of benzene rings is 2. The molecule has 0 saturated heterocycles. The molecule has 1 amide bonds. The van der Waals surface area contributed by atoms with E-state index in [0.29, 0.717) is 21.3 Å². The van der Waals surface area contributed by atoms with Crippen LogP contribution in [0.15, 0.2) is 48.7 Å². The summed E-state index contributed by atoms with van der Waals surface area (Å²) in [6, 6.07) is 12.8. The van der Waals surface area contributed by atoms with E-state index in [1.54, 1.807) is 24.4 Å². The van der Waals surface area contributed by atoms with Crippen molar-refractivity contribution in [1.29, 1.82) is 0 Å². The van der Waals surface area contributed by atoms with Gasteiger partial charge in [-0.05, 0) is 18.2 Å². The highest BCUT2D eigenvalue weighted by molar-refractivity contribution is 6.40. The Kier molecular flexibility index (Phi) is 3.62. The SMILES string of the molecule is Cn1cc(C(=O)Nc2c(Cl)cccc2Cl)c2ccccc21. The van der Waals surface area contributed by atoms with E-state index < -0.39 is 0 Å². The van der Waals surface area contributed by atoms with Crippen LogP contribution in [0, 0.1) is 0 Å². The number of hydrogen-bond donors (Lipinski definition) is 1. The molecule has 1 N–H and O–H groups in total. The maximum absolute atomic E-state index is 12.5. The molecule has 0 radical (unpaired) electrons. The Hall–Kier alpha value is -1.97. The lowest BCUT2D eigenvalue weighted by molar-refractivity contribution is 0.102. The number of nitrogens with zero attached hydrogens (tertiary/aromatic N) is 1. The minimum atomic E-state index is -0.234. The topological polar surface area (TPSA) is 34.0 Å². The maximum atomic E-state index is 12.5. The average molecular weight is 319 g/mol. The number of aromatic nitrogens is 1. The van der Waals surface area contributed by atoms with Crippen LogP contribution in [0.4, 0.5) is 5.69 Å². The summed E-state index contributed by atoms with van der Waals surface area (Å²) in [5, 5.41) is 4.50. The molecule has 3 nitrogen and oxygen atoms in total. The molecule has 1 aromatic heterocycles. The fourth-order valence-corrected chi connectivity index (χ4v) is 2.81. The number of para-hydroxylation sites is 2. The largest absolute Gasteiger partial charge is 0.350 e. The molecule has 3 rings (SSSR count). The molecule has 0 aliphatic carbocycles. The molecule has 0 unspecified atom stereocenters. The summed E-state index contributed by atoms with van der Waals surface area (Å²) in [4.78, 5) is 12.5. The predicted octanol–water partition coefficient (Wildman–Crippen LogP) is 4.74. The van der Waals surface area contributed by atoms with E-state index in [4.69, 9.17) is 23.2 Å². The lowest BCUT2D eigenvalue weighted by Crippen LogP contribution is -2.12. The number of carbonyl (C=O) groups excluding carboxylic acids is 1. The summed E-state index contributed by atoms with van der Waals surface area (Å²) in [5.41, 5.74) is 2.01. The molecule has 0 fully saturated rings. The number of halogens is 2. The average Bonchev–Trinajstić information content (AvgIpc) is 2.81. The Bertz CT molecular complexity index is 819. The number of aryl methyl sites for hydroxylation is 1. The Morgan fingerprint density at radius 1 is 1.05 bits per heavy atom. The first-order chi connectivity index (χ1) is 10.1. The van der Waals surface area contributed by atoms with Gasteiger partial charge in [0.15, 0.2) is 0 Å². The molecule has 21 heavy (non-hydrogen) atoms. The van der Waals surface area contributed by atoms with Gasteiger partial charge in [-0.25, -0.2) is 0 Å². The van der Waals surface area contributed by atoms with Gasteiger partial charge in [-0.2, -0.15) is 0 Å². The van der Waals surface area contributed by atoms with Gasteiger partial charge >= 0.3 is 0 Å². The van der Waals surface area contributed by atoms with Crippen molar-refractivity contribution in [3.63, 3.8) is 0 Å². The summed E-state index contributed by atoms with van der Waals surface area (Å²) in [6.07, 6.45) is 1.80. The van der Waals surface area contributed by atoms with Gasteiger partial charge in [0.1, 0.15) is 0 Å². The number of hydrogen-bond acceptors (Lipinski definition) is 1. The zero-order valence-electron chi connectivity index (χ0n) is 11.2. The first-order valence-corrected chi connectivity index (χ1v) is 7.13. The highest BCUT2D eigenvalue weighted by Crippen LogP contribution is 2.31. The van der Waals surface area contributed by atoms with E-state index in [-0.39, 0.29) is 5.91 Å². The third-order valence-corrected chi connectivity index (χ3v) is 3.97. The van der Waals surface area contributed by atoms with Crippen LogP contribution >= 0.6 is 23.2 Å². The summed E-state index contributed by atoms with van der Waals surface area (Å²) < 4.78 is 1.92. The first kappa shape index (κ1) is 14.0. The van der Waals surface area contributed by atoms with Gasteiger partial charge < -0.3 is 9.88 Å². The minimum absolute atomic E-state index is 0.234. The molecule has 0 bridgehead atoms. The van der Waals surface area contributed by atoms with Crippen LogP contribution in [-0.4, -0.2) is 10.5 Å². The number of nitrogens with one attached hydrogen (secondary N) is 1. The number of carbonyl (C=O) groups is 1. The van der Waals surface area contributed by atoms with Crippen molar-refractivity contribution in [2.75, 3.05) is 5.32 Å². The van der Waals surface area contributed by atoms with Crippen molar-refractivity contribution >= 4 is 45.7 Å². The molecule has 0 aliphatic rings. The van der Waals surface area contributed by atoms with Gasteiger partial charge in [-0.3, -0.25) is 4.79 Å². The van der Waals surface area contributed by atoms with E-state index in [2.05, 4.69) is 5.32 Å². The Labute approximate surface area is 132 Å². The third-order valence-electron chi connectivity index (χ3n) is 3.34. The molecule has 5 heteroatoms. The summed E-state index contributed by atoms with van der Waals surface area (Å²) >= 11 is 12.2. The van der Waals surface area contributed by atoms with Crippen molar-refractivity contribution in [3.05, 3.63) is 64.3 Å². The van der Waals surface area contributed by atoms with Gasteiger partial charge in [-0.15, -0.1) is 0 Å². The van der Waals surface area contributed by atoms with Crippen molar-refractivity contribution < 1.29 is 4.79 Å². The van der Waals surface area contributed by atoms with E-state index in [1.807, 2.05) is 35.9 Å². The second-order valence-corrected chi connectivity index (χ2v) is 5.54. The second-order valence-electron chi connectivity index (χ2n) is 4.72. The molecular formula is C16H12Cl2N2O. The molecule has 3 aromatic rings. The first-order valence-electron chi connectivity index (χ1n) is 6.37. The molecule has 0 spiro atoms. The van der Waals surface area contributed by atoms with Crippen LogP contribution in [0.5, 0.6) is 0 Å². The molecule has 0 aliphatic heterocycles. The smallest absolute Gasteiger partial charge is 0.257 e. The molecule has 0 atom stereocenters. The van der Waals surface area contributed by atoms with Crippen LogP contribution in [0.1, 0.15) is 10.4 Å². The lowest BCUT2D eigenvalue weighted by atomic mass is 10.1. The molecule has 1 heterocycles. The normalized spacial score (nSPS) is 10.8. The highest BCUT2D eigenvalue weighted by atomic mass is 35.5. The number of anilines is 1. The van der Waals surface area contributed by atoms with Crippen molar-refractivity contribution in [2.24, 2.45) is 7.05 Å². The second kappa shape index (κ2) is 5.43. The molecule has 0 saturated carbocycles. The van der Waals surface area contributed by atoms with Gasteiger partial charge in [-0.1, -0.05) is 47.5 Å². The van der Waals surface area contributed by atoms with Crippen LogP contribution < -0.4 is 5.32 Å². The van der Waals surface area contributed by atoms with Gasteiger partial charge in [0, 0.05) is 24.1 Å². The summed E-state index contributed by atoms with van der Waals surface area (Å²) in [7, 11) is 1.90. The highest BCUT2D eigenvalue weighted by Gasteiger charge is 2.16. The van der Waals surface area contributed by atoms with Crippen LogP contribution in [-0.2, 0) is 7.05 Å². The van der Waals surface area contributed by atoms with E-state index >= 15 is 0 Å². The Balaban J connectivity index is 2.02. The minimum Gasteiger partial charge on any atom is -0.350 e. The van der Waals surface area contributed by atoms with E-state index in [0.717, 1.165) is 10.9 Å². The Morgan fingerprint density at radius 2 is 1.71 bits per heavy atom. The monoisotopic (exact) mass is 318 g/mol. The number of rotatable bonds is 2. The Morgan fingerprint density at radius 3 is 2.43 bits per heavy atom. The standard InChI is InChI=1S/C16H12Cl2N2O/c1-20-9-11(10-5-2-3-8-14(10)20)16(21)19-15-12(17)6-4-7-13(15)18/h2-9H,1H3,(H,19,21). The van der Waals surface area contributed by atoms with Crippen molar-refractivity contribution in [1.82, 2.24) is 4.57 Å². The molecule has 2 aromatic carbocycles.